The van der Waals surface area contributed by atoms with Gasteiger partial charge < -0.3 is 4.74 Å². The van der Waals surface area contributed by atoms with Crippen LogP contribution in [0.4, 0.5) is 0 Å². The average molecular weight is 332 g/mol. The Morgan fingerprint density at radius 2 is 1.74 bits per heavy atom. The van der Waals surface area contributed by atoms with Crippen LogP contribution in [-0.4, -0.2) is 23.8 Å². The molecule has 1 aromatic heterocycles. The van der Waals surface area contributed by atoms with Crippen molar-refractivity contribution in [2.24, 2.45) is 0 Å². The van der Waals surface area contributed by atoms with Crippen LogP contribution in [0.1, 0.15) is 43.1 Å². The van der Waals surface area contributed by atoms with Gasteiger partial charge in [-0.25, -0.2) is 9.78 Å². The van der Waals surface area contributed by atoms with Gasteiger partial charge in [0, 0.05) is 6.42 Å². The summed E-state index contributed by atoms with van der Waals surface area (Å²) in [5.74, 6) is -0.536. The predicted molar refractivity (Wildman–Crippen MR) is 89.3 cm³/mol. The molecule has 1 aromatic carbocycles. The molecule has 0 bridgehead atoms. The Hall–Kier alpha value is -2.20. The van der Waals surface area contributed by atoms with Crippen molar-refractivity contribution in [3.63, 3.8) is 0 Å². The summed E-state index contributed by atoms with van der Waals surface area (Å²) in [6, 6.07) is 6.96. The van der Waals surface area contributed by atoms with E-state index in [-0.39, 0.29) is 17.4 Å². The van der Waals surface area contributed by atoms with E-state index in [0.717, 1.165) is 22.3 Å². The molecule has 0 saturated carbocycles. The summed E-state index contributed by atoms with van der Waals surface area (Å²) in [5.41, 5.74) is 4.13. The first kappa shape index (κ1) is 17.2. The van der Waals surface area contributed by atoms with E-state index >= 15 is 0 Å². The maximum absolute atomic E-state index is 12.6. The molecule has 120 valence electrons. The number of aryl methyl sites for hydroxylation is 2. The first-order valence-corrected chi connectivity index (χ1v) is 7.56. The summed E-state index contributed by atoms with van der Waals surface area (Å²) < 4.78 is 4.78. The van der Waals surface area contributed by atoms with Crippen molar-refractivity contribution >= 4 is 23.4 Å². The lowest BCUT2D eigenvalue weighted by Crippen LogP contribution is -2.13. The maximum atomic E-state index is 12.6. The van der Waals surface area contributed by atoms with Gasteiger partial charge in [-0.05, 0) is 55.2 Å². The van der Waals surface area contributed by atoms with Crippen molar-refractivity contribution < 1.29 is 14.3 Å². The van der Waals surface area contributed by atoms with E-state index in [0.29, 0.717) is 11.3 Å². The molecule has 1 heterocycles. The molecule has 0 fully saturated rings. The number of esters is 1. The van der Waals surface area contributed by atoms with Gasteiger partial charge in [0.1, 0.15) is 10.8 Å². The number of hydrogen-bond donors (Lipinski definition) is 0. The van der Waals surface area contributed by atoms with Crippen LogP contribution >= 0.6 is 11.6 Å². The number of ether oxygens (including phenoxy) is 1. The monoisotopic (exact) mass is 331 g/mol. The number of carbonyl (C=O) groups is 2. The number of carbonyl (C=O) groups excluding carboxylic acids is 2. The standard InChI is InChI=1S/C18H18ClNO3/c1-10-5-7-13(18(22)23-4)12(3)14(10)9-15(21)17-11(2)6-8-16(19)20-17/h5-8H,9H2,1-4H3. The van der Waals surface area contributed by atoms with Gasteiger partial charge in [-0.15, -0.1) is 0 Å². The lowest BCUT2D eigenvalue weighted by atomic mass is 9.92. The molecule has 0 radical (unpaired) electrons. The van der Waals surface area contributed by atoms with E-state index in [1.54, 1.807) is 18.2 Å². The predicted octanol–water partition coefficient (Wildman–Crippen LogP) is 3.87. The third kappa shape index (κ3) is 3.59. The van der Waals surface area contributed by atoms with Crippen LogP contribution in [0.15, 0.2) is 24.3 Å². The van der Waals surface area contributed by atoms with Crippen molar-refractivity contribution in [3.05, 3.63) is 62.9 Å². The fraction of sp³-hybridized carbons (Fsp3) is 0.278. The largest absolute Gasteiger partial charge is 0.465 e. The molecular weight excluding hydrogens is 314 g/mol. The van der Waals surface area contributed by atoms with Crippen LogP contribution in [0.25, 0.3) is 0 Å². The first-order valence-electron chi connectivity index (χ1n) is 7.19. The molecule has 0 aliphatic heterocycles. The summed E-state index contributed by atoms with van der Waals surface area (Å²) in [5, 5.41) is 0.288. The van der Waals surface area contributed by atoms with Crippen molar-refractivity contribution in [2.75, 3.05) is 7.11 Å². The molecule has 0 saturated heterocycles. The molecule has 4 nitrogen and oxygen atoms in total. The average Bonchev–Trinajstić information content (AvgIpc) is 2.52. The highest BCUT2D eigenvalue weighted by Gasteiger charge is 2.18. The molecule has 5 heteroatoms. The number of benzene rings is 1. The number of halogens is 1. The molecule has 0 unspecified atom stereocenters. The van der Waals surface area contributed by atoms with Gasteiger partial charge >= 0.3 is 5.97 Å². The summed E-state index contributed by atoms with van der Waals surface area (Å²) in [4.78, 5) is 28.5. The van der Waals surface area contributed by atoms with E-state index < -0.39 is 5.97 Å². The van der Waals surface area contributed by atoms with E-state index in [2.05, 4.69) is 4.98 Å². The van der Waals surface area contributed by atoms with Crippen LogP contribution in [0, 0.1) is 20.8 Å². The lowest BCUT2D eigenvalue weighted by molar-refractivity contribution is 0.0599. The van der Waals surface area contributed by atoms with Crippen LogP contribution in [0.2, 0.25) is 5.15 Å². The Labute approximate surface area is 140 Å². The molecule has 2 aromatic rings. The zero-order valence-electron chi connectivity index (χ0n) is 13.6. The fourth-order valence-corrected chi connectivity index (χ4v) is 2.67. The minimum atomic E-state index is -0.409. The van der Waals surface area contributed by atoms with Crippen molar-refractivity contribution in [1.82, 2.24) is 4.98 Å². The molecule has 0 aliphatic rings. The summed E-state index contributed by atoms with van der Waals surface area (Å²) >= 11 is 5.89. The Morgan fingerprint density at radius 1 is 1.09 bits per heavy atom. The molecule has 0 amide bonds. The normalized spacial score (nSPS) is 10.5. The van der Waals surface area contributed by atoms with Gasteiger partial charge in [-0.1, -0.05) is 23.7 Å². The zero-order chi connectivity index (χ0) is 17.1. The second-order valence-corrected chi connectivity index (χ2v) is 5.81. The third-order valence-electron chi connectivity index (χ3n) is 3.90. The molecule has 23 heavy (non-hydrogen) atoms. The van der Waals surface area contributed by atoms with Gasteiger partial charge in [0.05, 0.1) is 12.7 Å². The van der Waals surface area contributed by atoms with Gasteiger partial charge in [0.2, 0.25) is 0 Å². The summed E-state index contributed by atoms with van der Waals surface area (Å²) in [6.45, 7) is 5.55. The number of ketones is 1. The number of hydrogen-bond acceptors (Lipinski definition) is 4. The molecule has 2 rings (SSSR count). The lowest BCUT2D eigenvalue weighted by Gasteiger charge is -2.13. The van der Waals surface area contributed by atoms with Crippen LogP contribution in [-0.2, 0) is 11.2 Å². The van der Waals surface area contributed by atoms with Crippen molar-refractivity contribution in [1.29, 1.82) is 0 Å². The first-order chi connectivity index (χ1) is 10.8. The number of Topliss-reactive ketones (excluding diaryl/α,β-unsaturated/α-hetero) is 1. The number of aromatic nitrogens is 1. The number of nitrogens with zero attached hydrogens (tertiary/aromatic N) is 1. The number of pyridine rings is 1. The molecule has 0 atom stereocenters. The van der Waals surface area contributed by atoms with Crippen LogP contribution < -0.4 is 0 Å². The van der Waals surface area contributed by atoms with Gasteiger partial charge in [0.15, 0.2) is 5.78 Å². The second-order valence-electron chi connectivity index (χ2n) is 5.42. The van der Waals surface area contributed by atoms with E-state index in [4.69, 9.17) is 16.3 Å². The summed E-state index contributed by atoms with van der Waals surface area (Å²) in [6.07, 6.45) is 0.163. The number of rotatable bonds is 4. The van der Waals surface area contributed by atoms with E-state index in [9.17, 15) is 9.59 Å². The van der Waals surface area contributed by atoms with Gasteiger partial charge in [0.25, 0.3) is 0 Å². The SMILES string of the molecule is COC(=O)c1ccc(C)c(CC(=O)c2nc(Cl)ccc2C)c1C. The van der Waals surface area contributed by atoms with Crippen LogP contribution in [0.5, 0.6) is 0 Å². The second kappa shape index (κ2) is 6.92. The maximum Gasteiger partial charge on any atom is 0.338 e. The van der Waals surface area contributed by atoms with Crippen LogP contribution in [0.3, 0.4) is 0 Å². The molecule has 0 spiro atoms. The molecule has 0 N–H and O–H groups in total. The van der Waals surface area contributed by atoms with Gasteiger partial charge in [-0.2, -0.15) is 0 Å². The smallest absolute Gasteiger partial charge is 0.338 e. The molecule has 0 aliphatic carbocycles. The highest BCUT2D eigenvalue weighted by molar-refractivity contribution is 6.29. The Balaban J connectivity index is 2.41. The Kier molecular flexibility index (Phi) is 5.16. The highest BCUT2D eigenvalue weighted by Crippen LogP contribution is 2.22. The zero-order valence-corrected chi connectivity index (χ0v) is 14.3. The third-order valence-corrected chi connectivity index (χ3v) is 4.11. The number of methoxy groups -OCH3 is 1. The quantitative estimate of drug-likeness (QED) is 0.485. The van der Waals surface area contributed by atoms with Gasteiger partial charge in [-0.3, -0.25) is 4.79 Å². The van der Waals surface area contributed by atoms with Crippen molar-refractivity contribution in [2.45, 2.75) is 27.2 Å². The Bertz CT molecular complexity index is 784. The van der Waals surface area contributed by atoms with Crippen molar-refractivity contribution in [3.8, 4) is 0 Å². The fourth-order valence-electron chi connectivity index (χ4n) is 2.53. The van der Waals surface area contributed by atoms with E-state index in [1.165, 1.54) is 7.11 Å². The van der Waals surface area contributed by atoms with E-state index in [1.807, 2.05) is 26.8 Å². The minimum absolute atomic E-state index is 0.127. The minimum Gasteiger partial charge on any atom is -0.465 e. The summed E-state index contributed by atoms with van der Waals surface area (Å²) in [7, 11) is 1.34. The molecular formula is C18H18ClNO3. The Morgan fingerprint density at radius 3 is 2.39 bits per heavy atom. The topological polar surface area (TPSA) is 56.3 Å². The highest BCUT2D eigenvalue weighted by atomic mass is 35.5.